The van der Waals surface area contributed by atoms with Gasteiger partial charge in [-0.1, -0.05) is 19.1 Å². The normalized spacial score (nSPS) is 23.2. The van der Waals surface area contributed by atoms with E-state index in [-0.39, 0.29) is 0 Å². The van der Waals surface area contributed by atoms with E-state index in [4.69, 9.17) is 4.74 Å². The molecular weight excluding hydrogens is 402 g/mol. The van der Waals surface area contributed by atoms with Crippen molar-refractivity contribution in [3.63, 3.8) is 0 Å². The molecule has 0 spiro atoms. The molecule has 8 heteroatoms. The number of aryl methyl sites for hydroxylation is 1. The molecule has 1 aliphatic heterocycles. The van der Waals surface area contributed by atoms with Gasteiger partial charge in [0.25, 0.3) is 0 Å². The first-order valence-corrected chi connectivity index (χ1v) is 11.8. The summed E-state index contributed by atoms with van der Waals surface area (Å²) in [6.45, 7) is 5.78. The topological polar surface area (TPSA) is 81.9 Å². The van der Waals surface area contributed by atoms with Crippen LogP contribution in [0.3, 0.4) is 0 Å². The van der Waals surface area contributed by atoms with Crippen molar-refractivity contribution in [3.8, 4) is 5.69 Å². The van der Waals surface area contributed by atoms with Gasteiger partial charge in [0.1, 0.15) is 6.33 Å². The van der Waals surface area contributed by atoms with Crippen LogP contribution in [0, 0.1) is 17.8 Å². The van der Waals surface area contributed by atoms with E-state index in [1.807, 2.05) is 24.5 Å². The van der Waals surface area contributed by atoms with E-state index >= 15 is 0 Å². The van der Waals surface area contributed by atoms with E-state index in [1.54, 1.807) is 11.0 Å². The third-order valence-electron chi connectivity index (χ3n) is 6.89. The molecule has 0 amide bonds. The van der Waals surface area contributed by atoms with Crippen molar-refractivity contribution in [2.24, 2.45) is 17.8 Å². The summed E-state index contributed by atoms with van der Waals surface area (Å²) in [6.07, 6.45) is 11.6. The highest BCUT2D eigenvalue weighted by Crippen LogP contribution is 2.48. The van der Waals surface area contributed by atoms with Gasteiger partial charge < -0.3 is 9.64 Å². The van der Waals surface area contributed by atoms with E-state index in [0.29, 0.717) is 12.5 Å². The molecule has 1 unspecified atom stereocenters. The van der Waals surface area contributed by atoms with Crippen molar-refractivity contribution in [1.82, 2.24) is 30.2 Å². The summed E-state index contributed by atoms with van der Waals surface area (Å²) in [5.74, 6) is 3.23. The molecule has 1 saturated heterocycles. The average molecular weight is 434 g/mol. The fourth-order valence-corrected chi connectivity index (χ4v) is 4.84. The zero-order chi connectivity index (χ0) is 21.8. The van der Waals surface area contributed by atoms with Gasteiger partial charge in [0.15, 0.2) is 0 Å². The zero-order valence-corrected chi connectivity index (χ0v) is 18.7. The largest absolute Gasteiger partial charge is 0.376 e. The number of hydrogen-bond donors (Lipinski definition) is 0. The van der Waals surface area contributed by atoms with Crippen molar-refractivity contribution in [3.05, 3.63) is 54.1 Å². The minimum Gasteiger partial charge on any atom is -0.376 e. The van der Waals surface area contributed by atoms with Gasteiger partial charge in [0.05, 0.1) is 18.9 Å². The fourth-order valence-electron chi connectivity index (χ4n) is 4.84. The fraction of sp³-hybridized carbons (Fsp3) is 0.542. The Bertz CT molecular complexity index is 975. The summed E-state index contributed by atoms with van der Waals surface area (Å²) in [5.41, 5.74) is 3.33. The first-order valence-electron chi connectivity index (χ1n) is 11.8. The lowest BCUT2D eigenvalue weighted by Gasteiger charge is -2.20. The zero-order valence-electron chi connectivity index (χ0n) is 18.7. The van der Waals surface area contributed by atoms with Gasteiger partial charge in [-0.2, -0.15) is 0 Å². The minimum absolute atomic E-state index is 0.655. The summed E-state index contributed by atoms with van der Waals surface area (Å²) in [7, 11) is 0. The quantitative estimate of drug-likeness (QED) is 0.538. The van der Waals surface area contributed by atoms with Crippen LogP contribution in [-0.2, 0) is 17.8 Å². The first kappa shape index (κ1) is 21.0. The molecule has 0 N–H and O–H groups in total. The van der Waals surface area contributed by atoms with Crippen LogP contribution in [-0.4, -0.2) is 49.9 Å². The first-order chi connectivity index (χ1) is 15.8. The molecule has 8 nitrogen and oxygen atoms in total. The van der Waals surface area contributed by atoms with Crippen molar-refractivity contribution < 1.29 is 4.74 Å². The molecule has 1 saturated carbocycles. The number of aromatic nitrogens is 6. The van der Waals surface area contributed by atoms with Crippen molar-refractivity contribution in [1.29, 1.82) is 0 Å². The molecule has 3 heterocycles. The standard InChI is InChI=1S/C24H31N7O/c1-2-18-13-25-24(26-14-18)30-10-3-4-20(9-11-30)23-12-21(23)16-32-15-19-5-7-22(8-6-19)31-17-27-28-29-31/h5-8,13-14,17,20-21,23H,2-4,9-12,15-16H2,1H3/t20?,21-,23+/m0/s1. The second kappa shape index (κ2) is 9.73. The number of anilines is 1. The van der Waals surface area contributed by atoms with Crippen LogP contribution in [0.4, 0.5) is 5.95 Å². The van der Waals surface area contributed by atoms with Gasteiger partial charge in [-0.3, -0.25) is 0 Å². The van der Waals surface area contributed by atoms with Crippen molar-refractivity contribution >= 4 is 5.95 Å². The second-order valence-electron chi connectivity index (χ2n) is 9.02. The van der Waals surface area contributed by atoms with E-state index in [9.17, 15) is 0 Å². The number of nitrogens with zero attached hydrogens (tertiary/aromatic N) is 7. The Hall–Kier alpha value is -2.87. The second-order valence-corrected chi connectivity index (χ2v) is 9.02. The summed E-state index contributed by atoms with van der Waals surface area (Å²) in [5, 5.41) is 11.3. The Balaban J connectivity index is 1.05. The molecule has 0 radical (unpaired) electrons. The molecule has 3 aromatic rings. The Morgan fingerprint density at radius 3 is 2.62 bits per heavy atom. The molecule has 5 rings (SSSR count). The minimum atomic E-state index is 0.655. The van der Waals surface area contributed by atoms with Gasteiger partial charge in [0, 0.05) is 25.5 Å². The maximum absolute atomic E-state index is 6.06. The predicted molar refractivity (Wildman–Crippen MR) is 121 cm³/mol. The van der Waals surface area contributed by atoms with E-state index < -0.39 is 0 Å². The molecular formula is C24H31N7O. The van der Waals surface area contributed by atoms with Crippen LogP contribution < -0.4 is 4.90 Å². The molecule has 168 valence electrons. The third kappa shape index (κ3) is 4.96. The van der Waals surface area contributed by atoms with Gasteiger partial charge in [-0.05, 0) is 83.5 Å². The van der Waals surface area contributed by atoms with Crippen LogP contribution in [0.15, 0.2) is 43.0 Å². The predicted octanol–water partition coefficient (Wildman–Crippen LogP) is 3.47. The Morgan fingerprint density at radius 1 is 1.03 bits per heavy atom. The molecule has 2 aliphatic rings. The van der Waals surface area contributed by atoms with Gasteiger partial charge in [0.2, 0.25) is 5.95 Å². The van der Waals surface area contributed by atoms with Crippen LogP contribution in [0.2, 0.25) is 0 Å². The SMILES string of the molecule is CCc1cnc(N2CCCC([C@H]3C[C@H]3COCc3ccc(-n4cnnn4)cc3)CC2)nc1. The van der Waals surface area contributed by atoms with Crippen molar-refractivity contribution in [2.45, 2.75) is 45.6 Å². The highest BCUT2D eigenvalue weighted by Gasteiger charge is 2.43. The Kier molecular flexibility index (Phi) is 6.39. The lowest BCUT2D eigenvalue weighted by atomic mass is 9.94. The van der Waals surface area contributed by atoms with Crippen LogP contribution in [0.5, 0.6) is 0 Å². The highest BCUT2D eigenvalue weighted by molar-refractivity contribution is 5.33. The average Bonchev–Trinajstić information content (AvgIpc) is 3.47. The lowest BCUT2D eigenvalue weighted by Crippen LogP contribution is -2.26. The summed E-state index contributed by atoms with van der Waals surface area (Å²) < 4.78 is 7.71. The third-order valence-corrected chi connectivity index (χ3v) is 6.89. The molecule has 32 heavy (non-hydrogen) atoms. The van der Waals surface area contributed by atoms with Crippen LogP contribution in [0.1, 0.15) is 43.7 Å². The number of ether oxygens (including phenoxy) is 1. The molecule has 0 bridgehead atoms. The summed E-state index contributed by atoms with van der Waals surface area (Å²) in [6, 6.07) is 8.20. The Labute approximate surface area is 189 Å². The summed E-state index contributed by atoms with van der Waals surface area (Å²) >= 11 is 0. The maximum atomic E-state index is 6.06. The molecule has 2 aromatic heterocycles. The Morgan fingerprint density at radius 2 is 1.88 bits per heavy atom. The van der Waals surface area contributed by atoms with E-state index in [2.05, 4.69) is 49.4 Å². The number of tetrazole rings is 1. The molecule has 1 aromatic carbocycles. The molecule has 2 fully saturated rings. The van der Waals surface area contributed by atoms with Gasteiger partial charge in [-0.15, -0.1) is 5.10 Å². The molecule has 1 aliphatic carbocycles. The number of rotatable bonds is 8. The maximum Gasteiger partial charge on any atom is 0.225 e. The van der Waals surface area contributed by atoms with Crippen molar-refractivity contribution in [2.75, 3.05) is 24.6 Å². The van der Waals surface area contributed by atoms with Gasteiger partial charge in [-0.25, -0.2) is 14.6 Å². The lowest BCUT2D eigenvalue weighted by molar-refractivity contribution is 0.104. The van der Waals surface area contributed by atoms with E-state index in [1.165, 1.54) is 36.8 Å². The number of hydrogen-bond acceptors (Lipinski definition) is 7. The molecule has 3 atom stereocenters. The van der Waals surface area contributed by atoms with Crippen LogP contribution in [0.25, 0.3) is 5.69 Å². The number of benzene rings is 1. The van der Waals surface area contributed by atoms with E-state index in [0.717, 1.165) is 49.6 Å². The monoisotopic (exact) mass is 433 g/mol. The van der Waals surface area contributed by atoms with Gasteiger partial charge >= 0.3 is 0 Å². The smallest absolute Gasteiger partial charge is 0.225 e. The highest BCUT2D eigenvalue weighted by atomic mass is 16.5. The summed E-state index contributed by atoms with van der Waals surface area (Å²) in [4.78, 5) is 11.5. The van der Waals surface area contributed by atoms with Crippen LogP contribution >= 0.6 is 0 Å².